The van der Waals surface area contributed by atoms with Crippen LogP contribution in [0.1, 0.15) is 23.0 Å². The number of ether oxygens (including phenoxy) is 1. The molecule has 0 atom stereocenters. The van der Waals surface area contributed by atoms with Gasteiger partial charge < -0.3 is 13.7 Å². The van der Waals surface area contributed by atoms with E-state index in [1.807, 2.05) is 61.5 Å². The fourth-order valence-electron chi connectivity index (χ4n) is 4.36. The Morgan fingerprint density at radius 3 is 2.33 bits per heavy atom. The first-order valence-corrected chi connectivity index (χ1v) is 9.86. The Morgan fingerprint density at radius 2 is 1.67 bits per heavy atom. The average Bonchev–Trinajstić information content (AvgIpc) is 3.32. The fraction of sp³-hybridized carbons (Fsp3) is 0.115. The van der Waals surface area contributed by atoms with Crippen molar-refractivity contribution in [2.24, 2.45) is 0 Å². The summed E-state index contributed by atoms with van der Waals surface area (Å²) in [6, 6.07) is 22.0. The van der Waals surface area contributed by atoms with E-state index in [1.54, 1.807) is 20.3 Å². The summed E-state index contributed by atoms with van der Waals surface area (Å²) in [5.74, 6) is 0.834. The van der Waals surface area contributed by atoms with Gasteiger partial charge in [-0.15, -0.1) is 0 Å². The van der Waals surface area contributed by atoms with Crippen molar-refractivity contribution in [3.63, 3.8) is 0 Å². The van der Waals surface area contributed by atoms with Crippen molar-refractivity contribution in [1.82, 2.24) is 4.57 Å². The molecule has 2 heterocycles. The molecule has 0 saturated carbocycles. The number of benzene rings is 3. The maximum Gasteiger partial charge on any atom is 0.162 e. The van der Waals surface area contributed by atoms with E-state index >= 15 is 0 Å². The number of hydrogen-bond acceptors (Lipinski definition) is 3. The van der Waals surface area contributed by atoms with Crippen LogP contribution in [-0.4, -0.2) is 17.5 Å². The van der Waals surface area contributed by atoms with Gasteiger partial charge in [-0.3, -0.25) is 4.79 Å². The van der Waals surface area contributed by atoms with Crippen LogP contribution in [0, 0.1) is 6.92 Å². The minimum atomic E-state index is 0.0393. The average molecular weight is 395 g/mol. The highest BCUT2D eigenvalue weighted by molar-refractivity contribution is 6.21. The van der Waals surface area contributed by atoms with E-state index in [4.69, 9.17) is 9.15 Å². The maximum atomic E-state index is 12.8. The molecule has 0 fully saturated rings. The molecule has 0 amide bonds. The zero-order chi connectivity index (χ0) is 20.8. The molecule has 0 saturated heterocycles. The summed E-state index contributed by atoms with van der Waals surface area (Å²) >= 11 is 0. The first kappa shape index (κ1) is 18.3. The smallest absolute Gasteiger partial charge is 0.162 e. The van der Waals surface area contributed by atoms with Crippen LogP contribution in [0.5, 0.6) is 5.75 Å². The SMILES string of the molecule is COc1ccc(-n2c(C)c(C(C)=O)c3c4c(-c5ccccc5)coc4ccc32)cc1. The van der Waals surface area contributed by atoms with Gasteiger partial charge in [-0.25, -0.2) is 0 Å². The van der Waals surface area contributed by atoms with Crippen molar-refractivity contribution in [3.8, 4) is 22.6 Å². The van der Waals surface area contributed by atoms with Crippen LogP contribution in [0.3, 0.4) is 0 Å². The molecule has 5 aromatic rings. The molecular weight excluding hydrogens is 374 g/mol. The molecule has 0 unspecified atom stereocenters. The minimum Gasteiger partial charge on any atom is -0.497 e. The standard InChI is InChI=1S/C26H21NO3/c1-16-24(17(2)28)26-22(27(16)19-9-11-20(29-3)12-10-19)13-14-23-25(26)21(15-30-23)18-7-5-4-6-8-18/h4-15H,1-3H3. The van der Waals surface area contributed by atoms with Crippen LogP contribution in [0.25, 0.3) is 38.7 Å². The van der Waals surface area contributed by atoms with Gasteiger partial charge in [0.15, 0.2) is 5.78 Å². The second kappa shape index (κ2) is 6.92. The zero-order valence-corrected chi connectivity index (χ0v) is 17.1. The maximum absolute atomic E-state index is 12.8. The lowest BCUT2D eigenvalue weighted by Gasteiger charge is -2.09. The Labute approximate surface area is 174 Å². The number of carbonyl (C=O) groups excluding carboxylic acids is 1. The third-order valence-electron chi connectivity index (χ3n) is 5.67. The molecule has 0 aliphatic heterocycles. The topological polar surface area (TPSA) is 44.4 Å². The van der Waals surface area contributed by atoms with Crippen molar-refractivity contribution in [2.75, 3.05) is 7.11 Å². The molecule has 2 aromatic heterocycles. The summed E-state index contributed by atoms with van der Waals surface area (Å²) in [7, 11) is 1.65. The molecule has 5 rings (SSSR count). The molecule has 30 heavy (non-hydrogen) atoms. The molecule has 0 aliphatic carbocycles. The normalized spacial score (nSPS) is 11.3. The van der Waals surface area contributed by atoms with Gasteiger partial charge in [0, 0.05) is 33.3 Å². The molecule has 0 N–H and O–H groups in total. The number of Topliss-reactive ketones (excluding diaryl/α,β-unsaturated/α-hetero) is 1. The Balaban J connectivity index is 1.90. The monoisotopic (exact) mass is 395 g/mol. The predicted molar refractivity (Wildman–Crippen MR) is 120 cm³/mol. The Hall–Kier alpha value is -3.79. The van der Waals surface area contributed by atoms with Gasteiger partial charge >= 0.3 is 0 Å². The fourth-order valence-corrected chi connectivity index (χ4v) is 4.36. The van der Waals surface area contributed by atoms with Gasteiger partial charge in [0.2, 0.25) is 0 Å². The van der Waals surface area contributed by atoms with E-state index in [2.05, 4.69) is 16.7 Å². The van der Waals surface area contributed by atoms with E-state index in [9.17, 15) is 4.79 Å². The lowest BCUT2D eigenvalue weighted by molar-refractivity contribution is 0.101. The number of nitrogens with zero attached hydrogens (tertiary/aromatic N) is 1. The number of rotatable bonds is 4. The number of carbonyl (C=O) groups is 1. The molecular formula is C26H21NO3. The van der Waals surface area contributed by atoms with Crippen molar-refractivity contribution in [1.29, 1.82) is 0 Å². The third-order valence-corrected chi connectivity index (χ3v) is 5.67. The number of furan rings is 1. The van der Waals surface area contributed by atoms with Crippen molar-refractivity contribution < 1.29 is 13.9 Å². The Kier molecular flexibility index (Phi) is 4.21. The summed E-state index contributed by atoms with van der Waals surface area (Å²) in [5, 5.41) is 1.90. The summed E-state index contributed by atoms with van der Waals surface area (Å²) < 4.78 is 13.3. The lowest BCUT2D eigenvalue weighted by Crippen LogP contribution is -1.99. The molecule has 0 bridgehead atoms. The number of aromatic nitrogens is 1. The highest BCUT2D eigenvalue weighted by atomic mass is 16.5. The lowest BCUT2D eigenvalue weighted by atomic mass is 9.98. The summed E-state index contributed by atoms with van der Waals surface area (Å²) in [4.78, 5) is 12.8. The quantitative estimate of drug-likeness (QED) is 0.324. The van der Waals surface area contributed by atoms with Crippen LogP contribution in [-0.2, 0) is 0 Å². The van der Waals surface area contributed by atoms with E-state index < -0.39 is 0 Å². The highest BCUT2D eigenvalue weighted by Crippen LogP contribution is 2.40. The second-order valence-corrected chi connectivity index (χ2v) is 7.40. The van der Waals surface area contributed by atoms with Gasteiger partial charge in [-0.2, -0.15) is 0 Å². The molecule has 3 aromatic carbocycles. The number of methoxy groups -OCH3 is 1. The first-order valence-electron chi connectivity index (χ1n) is 9.86. The Morgan fingerprint density at radius 1 is 0.933 bits per heavy atom. The Bertz CT molecular complexity index is 1390. The molecule has 0 radical (unpaired) electrons. The second-order valence-electron chi connectivity index (χ2n) is 7.40. The predicted octanol–water partition coefficient (Wildman–Crippen LogP) is 6.56. The first-order chi connectivity index (χ1) is 14.6. The van der Waals surface area contributed by atoms with Gasteiger partial charge in [-0.1, -0.05) is 30.3 Å². The van der Waals surface area contributed by atoms with Crippen LogP contribution in [0.4, 0.5) is 0 Å². The number of hydrogen-bond donors (Lipinski definition) is 0. The van der Waals surface area contributed by atoms with Crippen molar-refractivity contribution >= 4 is 27.7 Å². The van der Waals surface area contributed by atoms with Crippen LogP contribution in [0.2, 0.25) is 0 Å². The third kappa shape index (κ3) is 2.65. The van der Waals surface area contributed by atoms with E-state index in [1.165, 1.54) is 0 Å². The van der Waals surface area contributed by atoms with E-state index in [0.717, 1.165) is 55.7 Å². The summed E-state index contributed by atoms with van der Waals surface area (Å²) in [6.07, 6.45) is 1.78. The molecule has 4 nitrogen and oxygen atoms in total. The van der Waals surface area contributed by atoms with Crippen LogP contribution >= 0.6 is 0 Å². The van der Waals surface area contributed by atoms with Gasteiger partial charge in [-0.05, 0) is 55.8 Å². The number of fused-ring (bicyclic) bond motifs is 3. The minimum absolute atomic E-state index is 0.0393. The molecule has 4 heteroatoms. The zero-order valence-electron chi connectivity index (χ0n) is 17.1. The largest absolute Gasteiger partial charge is 0.497 e. The molecule has 0 spiro atoms. The highest BCUT2D eigenvalue weighted by Gasteiger charge is 2.23. The molecule has 148 valence electrons. The van der Waals surface area contributed by atoms with E-state index in [0.29, 0.717) is 0 Å². The summed E-state index contributed by atoms with van der Waals surface area (Å²) in [5.41, 5.74) is 6.43. The van der Waals surface area contributed by atoms with E-state index in [-0.39, 0.29) is 5.78 Å². The van der Waals surface area contributed by atoms with Crippen LogP contribution < -0.4 is 4.74 Å². The van der Waals surface area contributed by atoms with Crippen LogP contribution in [0.15, 0.2) is 77.4 Å². The van der Waals surface area contributed by atoms with Crippen molar-refractivity contribution in [2.45, 2.75) is 13.8 Å². The van der Waals surface area contributed by atoms with Crippen molar-refractivity contribution in [3.05, 3.63) is 84.3 Å². The van der Waals surface area contributed by atoms with Gasteiger partial charge in [0.25, 0.3) is 0 Å². The molecule has 0 aliphatic rings. The number of ketones is 1. The van der Waals surface area contributed by atoms with Gasteiger partial charge in [0.1, 0.15) is 11.3 Å². The van der Waals surface area contributed by atoms with Gasteiger partial charge in [0.05, 0.1) is 18.9 Å². The summed E-state index contributed by atoms with van der Waals surface area (Å²) in [6.45, 7) is 3.62.